The lowest BCUT2D eigenvalue weighted by Gasteiger charge is -2.27. The van der Waals surface area contributed by atoms with Crippen molar-refractivity contribution in [3.05, 3.63) is 141 Å². The molecule has 4 aliphatic carbocycles. The largest absolute Gasteiger partial charge is 0.462 e. The monoisotopic (exact) mass is 1740 g/mol. The molecule has 2 aliphatic heterocycles. The van der Waals surface area contributed by atoms with E-state index in [-0.39, 0.29) is 29.3 Å². The van der Waals surface area contributed by atoms with Gasteiger partial charge in [-0.1, -0.05) is 246 Å². The van der Waals surface area contributed by atoms with Gasteiger partial charge in [-0.25, -0.2) is 9.59 Å². The normalized spacial score (nSPS) is 15.5. The summed E-state index contributed by atoms with van der Waals surface area (Å²) in [5, 5.41) is 3.73. The molecule has 9 N–H and O–H groups in total. The van der Waals surface area contributed by atoms with E-state index in [9.17, 15) is 24.0 Å². The van der Waals surface area contributed by atoms with Crippen molar-refractivity contribution in [3.63, 3.8) is 0 Å². The topological polar surface area (TPSA) is 239 Å². The predicted octanol–water partition coefficient (Wildman–Crippen LogP) is 24.7. The zero-order chi connectivity index (χ0) is 91.6. The highest BCUT2D eigenvalue weighted by atomic mass is 16.6. The number of nitrogen functional groups attached to an aromatic ring is 4. The fourth-order valence-electron chi connectivity index (χ4n) is 17.6. The Hall–Kier alpha value is -9.74. The smallest absolute Gasteiger partial charge is 0.340 e. The van der Waals surface area contributed by atoms with Crippen LogP contribution in [0.15, 0.2) is 85.1 Å². The number of nitrogens with two attached hydrogens (primary N) is 4. The van der Waals surface area contributed by atoms with E-state index < -0.39 is 5.60 Å². The van der Waals surface area contributed by atoms with Gasteiger partial charge in [0.25, 0.3) is 0 Å². The van der Waals surface area contributed by atoms with Crippen molar-refractivity contribution in [2.24, 2.45) is 17.8 Å². The average molecular weight is 1740 g/mol. The van der Waals surface area contributed by atoms with Crippen LogP contribution in [0.4, 0.5) is 28.4 Å². The lowest BCUT2D eigenvalue weighted by atomic mass is 9.84. The van der Waals surface area contributed by atoms with Gasteiger partial charge >= 0.3 is 11.9 Å². The zero-order valence-corrected chi connectivity index (χ0v) is 79.8. The molecule has 15 heteroatoms. The molecule has 5 aromatic rings. The molecule has 0 bridgehead atoms. The molecular formula is C113H158N8O7. The maximum absolute atomic E-state index is 12.5. The van der Waals surface area contributed by atoms with Crippen molar-refractivity contribution >= 4 is 57.7 Å². The maximum Gasteiger partial charge on any atom is 0.340 e. The second kappa shape index (κ2) is 62.5. The molecule has 0 radical (unpaired) electrons. The van der Waals surface area contributed by atoms with Gasteiger partial charge in [0.2, 0.25) is 0 Å². The number of hydrogen-bond donors (Lipinski definition) is 5. The number of aromatic nitrogens is 1. The summed E-state index contributed by atoms with van der Waals surface area (Å²) >= 11 is 0. The average Bonchev–Trinajstić information content (AvgIpc) is 0.824. The van der Waals surface area contributed by atoms with Crippen LogP contribution >= 0.6 is 0 Å². The van der Waals surface area contributed by atoms with Crippen LogP contribution in [0, 0.1) is 88.8 Å². The van der Waals surface area contributed by atoms with Crippen molar-refractivity contribution in [3.8, 4) is 71.0 Å². The van der Waals surface area contributed by atoms with E-state index in [1.165, 1.54) is 211 Å². The molecule has 692 valence electrons. The molecule has 0 spiro atoms. The van der Waals surface area contributed by atoms with Gasteiger partial charge in [0, 0.05) is 109 Å². The lowest BCUT2D eigenvalue weighted by Crippen LogP contribution is -2.30. The highest BCUT2D eigenvalue weighted by Crippen LogP contribution is 2.34. The van der Waals surface area contributed by atoms with Gasteiger partial charge in [0.05, 0.1) is 29.1 Å². The molecule has 1 aromatic heterocycles. The number of likely N-dealkylation sites (tertiary alicyclic amines) is 2. The molecule has 6 fully saturated rings. The number of nitrogens with one attached hydrogen (secondary N) is 1. The summed E-state index contributed by atoms with van der Waals surface area (Å²) < 4.78 is 10.5. The van der Waals surface area contributed by atoms with Crippen LogP contribution in [0.1, 0.15) is 404 Å². The number of ketones is 3. The molecule has 11 rings (SSSR count). The number of Topliss-reactive ketones (excluding diaryl/α,β-unsaturated/α-hetero) is 3. The minimum Gasteiger partial charge on any atom is -0.462 e. The molecule has 0 unspecified atom stereocenters. The number of hydrogen-bond acceptors (Lipinski definition) is 15. The van der Waals surface area contributed by atoms with E-state index >= 15 is 0 Å². The van der Waals surface area contributed by atoms with Gasteiger partial charge in [0.15, 0.2) is 17.3 Å². The summed E-state index contributed by atoms with van der Waals surface area (Å²) in [6, 6.07) is 25.3. The van der Waals surface area contributed by atoms with Crippen LogP contribution in [0.5, 0.6) is 0 Å². The zero-order valence-electron chi connectivity index (χ0n) is 79.8. The third kappa shape index (κ3) is 43.1. The van der Waals surface area contributed by atoms with E-state index in [4.69, 9.17) is 37.4 Å². The summed E-state index contributed by atoms with van der Waals surface area (Å²) in [6.07, 6.45) is 55.8. The van der Waals surface area contributed by atoms with E-state index in [0.29, 0.717) is 72.8 Å². The van der Waals surface area contributed by atoms with Crippen molar-refractivity contribution in [1.82, 2.24) is 14.8 Å². The van der Waals surface area contributed by atoms with E-state index in [1.807, 2.05) is 81.4 Å². The Bertz CT molecular complexity index is 4580. The first-order valence-corrected chi connectivity index (χ1v) is 49.8. The first kappa shape index (κ1) is 105. The van der Waals surface area contributed by atoms with Crippen molar-refractivity contribution in [1.29, 1.82) is 0 Å². The van der Waals surface area contributed by atoms with Gasteiger partial charge in [-0.3, -0.25) is 19.4 Å². The second-order valence-electron chi connectivity index (χ2n) is 37.1. The number of nitrogens with zero attached hydrogens (tertiary/aromatic N) is 3. The molecule has 2 saturated heterocycles. The standard InChI is InChI=1S/C25H34N2O.C24H31NO.C23H36N2O2.C22H34N2O.C19H23NO2/c1-2-3-4-5-6-7-8-10-14-22-16-17-23(21-24(22)26)25(28)15-13-20-27-18-11-9-12-19-27;1-2-3-4-5-6-7-8-12-15-24(26)22-17-16-21(23(25)19-22)18-20-13-10-9-11-14-20;1-23(2,3)27-22(26)18-15-21(25-19-12-8-5-9-13-19)20(24-16-18)14-17-10-6-4-7-11-17;23-21-17-20(12-11-19(21)16-18-8-3-1-4-9-18)22(25)10-7-15-24-13-5-2-6-14-24;1-3-5-6-7-8-9-10-11-12-16-13-14-17(15-18(16)20)19(21)22-4-2/h16-17,21H,2-4,9-15,18-20,26H2,1H3;16-17,19-20H,2-4,9-15,18,25H2,1H3;15-17,19,25H,4-14H2,1-3H3;11-12,17-18H,1-10,13-16,23H2;13-15H,3-6,11-12,20H2,1-2H3. The van der Waals surface area contributed by atoms with Crippen LogP contribution in [0.2, 0.25) is 0 Å². The van der Waals surface area contributed by atoms with Gasteiger partial charge in [-0.15, -0.1) is 0 Å². The summed E-state index contributed by atoms with van der Waals surface area (Å²) in [5.74, 6) is 37.6. The Morgan fingerprint density at radius 3 is 1.13 bits per heavy atom. The minimum absolute atomic E-state index is 0.106. The molecular weight excluding hydrogens is 1580 g/mol. The number of piperidine rings is 2. The number of esters is 2. The highest BCUT2D eigenvalue weighted by molar-refractivity contribution is 5.98. The van der Waals surface area contributed by atoms with E-state index in [1.54, 1.807) is 25.3 Å². The number of ether oxygens (including phenoxy) is 2. The quantitative estimate of drug-likeness (QED) is 0.00846. The number of carbonyl (C=O) groups excluding carboxylic acids is 5. The van der Waals surface area contributed by atoms with Crippen LogP contribution in [-0.4, -0.2) is 102 Å². The lowest BCUT2D eigenvalue weighted by molar-refractivity contribution is 0.00683. The summed E-state index contributed by atoms with van der Waals surface area (Å²) in [5.41, 5.74) is 36.9. The first-order valence-electron chi connectivity index (χ1n) is 49.8. The first-order chi connectivity index (χ1) is 62.2. The number of anilines is 5. The van der Waals surface area contributed by atoms with Crippen LogP contribution in [0.3, 0.4) is 0 Å². The fourth-order valence-corrected chi connectivity index (χ4v) is 17.6. The Kier molecular flexibility index (Phi) is 51.4. The number of rotatable bonds is 34. The van der Waals surface area contributed by atoms with Crippen molar-refractivity contribution < 1.29 is 33.4 Å². The fraction of sp³-hybridized carbons (Fsp3) is 0.593. The Labute approximate surface area is 773 Å². The molecule has 4 saturated carbocycles. The van der Waals surface area contributed by atoms with Gasteiger partial charge < -0.3 is 47.5 Å². The Morgan fingerprint density at radius 2 is 0.742 bits per heavy atom. The van der Waals surface area contributed by atoms with Gasteiger partial charge in [-0.05, 0) is 282 Å². The molecule has 128 heavy (non-hydrogen) atoms. The number of unbranched alkanes of at least 4 members (excludes halogenated alkanes) is 6. The highest BCUT2D eigenvalue weighted by Gasteiger charge is 2.26. The number of aryl methyl sites for hydroxylation is 2. The van der Waals surface area contributed by atoms with Crippen LogP contribution in [-0.2, 0) is 41.6 Å². The summed E-state index contributed by atoms with van der Waals surface area (Å²) in [7, 11) is 0. The maximum atomic E-state index is 12.5. The number of carbonyl (C=O) groups is 5. The molecule has 4 aromatic carbocycles. The number of benzene rings is 4. The van der Waals surface area contributed by atoms with Gasteiger partial charge in [0.1, 0.15) is 5.60 Å². The van der Waals surface area contributed by atoms with Crippen molar-refractivity contribution in [2.45, 2.75) is 368 Å². The van der Waals surface area contributed by atoms with E-state index in [0.717, 1.165) is 179 Å². The number of pyridine rings is 1. The minimum atomic E-state index is -0.491. The molecule has 15 nitrogen and oxygen atoms in total. The third-order valence-electron chi connectivity index (χ3n) is 25.2. The van der Waals surface area contributed by atoms with E-state index in [2.05, 4.69) is 113 Å². The Morgan fingerprint density at radius 1 is 0.391 bits per heavy atom. The van der Waals surface area contributed by atoms with Gasteiger partial charge in [-0.2, -0.15) is 0 Å². The molecule has 0 atom stereocenters. The SMILES string of the molecule is CC(C)(C)OC(=O)c1cnc(CC2CCCCC2)c(NC2CCCCC2)c1.CCCCC#CC#CCCC(=O)c1ccc(CC2CCCCC2)c(N)c1.CCCCC#CC#CCCc1ccc(C(=O)CCCN2CCCCC2)cc1N.CCCCC#CC#CCCc1ccc(C(=O)OCC)cc1N.Nc1cc(C(=O)CCCN2CCCCC2)ccc1CC1CCCCC1. The van der Waals surface area contributed by atoms with Crippen LogP contribution in [0.25, 0.3) is 0 Å². The second-order valence-corrected chi connectivity index (χ2v) is 37.1. The predicted molar refractivity (Wildman–Crippen MR) is 533 cm³/mol. The van der Waals surface area contributed by atoms with Crippen molar-refractivity contribution in [2.75, 3.05) is 74.1 Å². The summed E-state index contributed by atoms with van der Waals surface area (Å²) in [6.45, 7) is 21.1. The molecule has 0 amide bonds. The third-order valence-corrected chi connectivity index (χ3v) is 25.2. The molecule has 6 aliphatic rings. The Balaban J connectivity index is 0.000000220. The van der Waals surface area contributed by atoms with Crippen LogP contribution < -0.4 is 28.3 Å². The molecule has 3 heterocycles. The summed E-state index contributed by atoms with van der Waals surface area (Å²) in [4.78, 5) is 71.0.